The fraction of sp³-hybridized carbons (Fsp3) is 0.111. The first-order valence-electron chi connectivity index (χ1n) is 3.57. The van der Waals surface area contributed by atoms with Gasteiger partial charge in [-0.3, -0.25) is 0 Å². The molecule has 3 heteroatoms. The topological polar surface area (TPSA) is 30.7 Å². The molecule has 3 nitrogen and oxygen atoms in total. The Hall–Kier alpha value is -1.64. The summed E-state index contributed by atoms with van der Waals surface area (Å²) in [4.78, 5) is 3.81. The van der Waals surface area contributed by atoms with Gasteiger partial charge in [-0.25, -0.2) is 9.67 Å². The molecule has 0 fully saturated rings. The molecule has 0 N–H and O–H groups in total. The standard InChI is InChI=1S/C9H11N3/c1-8(2)4-5-9(3)12-7-10-6-11-12/h4-7H,1,3H2,2H3/b5-4-. The Morgan fingerprint density at radius 2 is 2.17 bits per heavy atom. The van der Waals surface area contributed by atoms with Gasteiger partial charge in [0.1, 0.15) is 12.7 Å². The van der Waals surface area contributed by atoms with E-state index < -0.39 is 0 Å². The van der Waals surface area contributed by atoms with Crippen molar-refractivity contribution >= 4 is 5.70 Å². The van der Waals surface area contributed by atoms with Crippen molar-refractivity contribution in [3.8, 4) is 0 Å². The van der Waals surface area contributed by atoms with Gasteiger partial charge in [0.15, 0.2) is 0 Å². The maximum atomic E-state index is 3.92. The molecule has 12 heavy (non-hydrogen) atoms. The summed E-state index contributed by atoms with van der Waals surface area (Å²) in [5, 5.41) is 3.92. The zero-order chi connectivity index (χ0) is 8.97. The highest BCUT2D eigenvalue weighted by Crippen LogP contribution is 2.01. The lowest BCUT2D eigenvalue weighted by Crippen LogP contribution is -1.92. The van der Waals surface area contributed by atoms with E-state index in [9.17, 15) is 0 Å². The predicted molar refractivity (Wildman–Crippen MR) is 49.3 cm³/mol. The summed E-state index contributed by atoms with van der Waals surface area (Å²) in [7, 11) is 0. The molecular formula is C9H11N3. The van der Waals surface area contributed by atoms with Crippen molar-refractivity contribution < 1.29 is 0 Å². The van der Waals surface area contributed by atoms with E-state index in [0.717, 1.165) is 11.3 Å². The number of nitrogens with zero attached hydrogens (tertiary/aromatic N) is 3. The summed E-state index contributed by atoms with van der Waals surface area (Å²) in [6, 6.07) is 0. The van der Waals surface area contributed by atoms with Crippen molar-refractivity contribution in [1.82, 2.24) is 14.8 Å². The summed E-state index contributed by atoms with van der Waals surface area (Å²) in [5.41, 5.74) is 1.76. The van der Waals surface area contributed by atoms with E-state index in [1.54, 1.807) is 11.0 Å². The molecule has 1 aromatic heterocycles. The Morgan fingerprint density at radius 1 is 1.42 bits per heavy atom. The number of aromatic nitrogens is 3. The van der Waals surface area contributed by atoms with Gasteiger partial charge in [-0.15, -0.1) is 0 Å². The van der Waals surface area contributed by atoms with Gasteiger partial charge in [0.25, 0.3) is 0 Å². The molecule has 0 saturated heterocycles. The van der Waals surface area contributed by atoms with Gasteiger partial charge >= 0.3 is 0 Å². The van der Waals surface area contributed by atoms with Crippen LogP contribution in [-0.2, 0) is 0 Å². The third kappa shape index (κ3) is 2.20. The molecule has 0 saturated carbocycles. The molecule has 0 radical (unpaired) electrons. The van der Waals surface area contributed by atoms with E-state index in [4.69, 9.17) is 0 Å². The lowest BCUT2D eigenvalue weighted by atomic mass is 10.3. The van der Waals surface area contributed by atoms with Crippen molar-refractivity contribution in [2.45, 2.75) is 6.92 Å². The fourth-order valence-electron chi connectivity index (χ4n) is 0.671. The quantitative estimate of drug-likeness (QED) is 0.634. The Bertz CT molecular complexity index is 307. The number of allylic oxidation sites excluding steroid dienone is 4. The molecule has 0 aliphatic rings. The smallest absolute Gasteiger partial charge is 0.138 e. The molecule has 0 aromatic carbocycles. The molecule has 0 aliphatic heterocycles. The van der Waals surface area contributed by atoms with E-state index in [0.29, 0.717) is 0 Å². The average Bonchev–Trinajstić information content (AvgIpc) is 2.51. The number of hydrogen-bond donors (Lipinski definition) is 0. The molecule has 1 aromatic rings. The molecule has 0 unspecified atom stereocenters. The minimum atomic E-state index is 0.774. The minimum absolute atomic E-state index is 0.774. The third-order valence-electron chi connectivity index (χ3n) is 1.27. The van der Waals surface area contributed by atoms with Crippen LogP contribution in [0.5, 0.6) is 0 Å². The highest BCUT2D eigenvalue weighted by molar-refractivity contribution is 5.53. The van der Waals surface area contributed by atoms with Crippen LogP contribution in [0.15, 0.2) is 43.5 Å². The second-order valence-electron chi connectivity index (χ2n) is 2.51. The summed E-state index contributed by atoms with van der Waals surface area (Å²) < 4.78 is 1.60. The van der Waals surface area contributed by atoms with Crippen molar-refractivity contribution in [3.05, 3.63) is 43.5 Å². The van der Waals surface area contributed by atoms with Gasteiger partial charge < -0.3 is 0 Å². The van der Waals surface area contributed by atoms with Crippen molar-refractivity contribution in [1.29, 1.82) is 0 Å². The summed E-state index contributed by atoms with van der Waals surface area (Å²) in [5.74, 6) is 0. The van der Waals surface area contributed by atoms with Crippen LogP contribution in [0.4, 0.5) is 0 Å². The molecule has 0 bridgehead atoms. The first-order valence-corrected chi connectivity index (χ1v) is 3.57. The van der Waals surface area contributed by atoms with E-state index in [1.165, 1.54) is 6.33 Å². The maximum Gasteiger partial charge on any atom is 0.138 e. The molecule has 1 heterocycles. The second kappa shape index (κ2) is 3.67. The van der Waals surface area contributed by atoms with Crippen LogP contribution < -0.4 is 0 Å². The third-order valence-corrected chi connectivity index (χ3v) is 1.27. The van der Waals surface area contributed by atoms with Crippen LogP contribution >= 0.6 is 0 Å². The summed E-state index contributed by atoms with van der Waals surface area (Å²) in [6.07, 6.45) is 6.80. The monoisotopic (exact) mass is 161 g/mol. The SMILES string of the molecule is C=C(C)/C=C\C(=C)n1cncn1. The van der Waals surface area contributed by atoms with E-state index in [-0.39, 0.29) is 0 Å². The molecule has 0 aliphatic carbocycles. The van der Waals surface area contributed by atoms with Crippen LogP contribution in [-0.4, -0.2) is 14.8 Å². The Balaban J connectivity index is 2.68. The van der Waals surface area contributed by atoms with Gasteiger partial charge in [-0.1, -0.05) is 24.8 Å². The minimum Gasteiger partial charge on any atom is -0.223 e. The van der Waals surface area contributed by atoms with Crippen LogP contribution in [0, 0.1) is 0 Å². The van der Waals surface area contributed by atoms with Gasteiger partial charge in [0.2, 0.25) is 0 Å². The van der Waals surface area contributed by atoms with E-state index in [2.05, 4.69) is 23.2 Å². The van der Waals surface area contributed by atoms with Gasteiger partial charge in [-0.2, -0.15) is 5.10 Å². The largest absolute Gasteiger partial charge is 0.223 e. The van der Waals surface area contributed by atoms with Crippen LogP contribution in [0.1, 0.15) is 6.92 Å². The zero-order valence-corrected chi connectivity index (χ0v) is 7.07. The lowest BCUT2D eigenvalue weighted by Gasteiger charge is -1.96. The van der Waals surface area contributed by atoms with Crippen LogP contribution in [0.2, 0.25) is 0 Å². The van der Waals surface area contributed by atoms with Crippen molar-refractivity contribution in [2.24, 2.45) is 0 Å². The molecule has 1 rings (SSSR count). The molecule has 0 atom stereocenters. The lowest BCUT2D eigenvalue weighted by molar-refractivity contribution is 0.911. The average molecular weight is 161 g/mol. The maximum absolute atomic E-state index is 3.92. The molecule has 0 spiro atoms. The Morgan fingerprint density at radius 3 is 2.67 bits per heavy atom. The first kappa shape index (κ1) is 8.46. The molecule has 62 valence electrons. The van der Waals surface area contributed by atoms with Crippen molar-refractivity contribution in [3.63, 3.8) is 0 Å². The molecule has 0 amide bonds. The fourth-order valence-corrected chi connectivity index (χ4v) is 0.671. The van der Waals surface area contributed by atoms with E-state index >= 15 is 0 Å². The van der Waals surface area contributed by atoms with Gasteiger partial charge in [0.05, 0.1) is 5.70 Å². The Kier molecular flexibility index (Phi) is 2.58. The number of rotatable bonds is 3. The second-order valence-corrected chi connectivity index (χ2v) is 2.51. The molecular weight excluding hydrogens is 150 g/mol. The summed E-state index contributed by atoms with van der Waals surface area (Å²) in [6.45, 7) is 9.46. The normalized spacial score (nSPS) is 10.4. The first-order chi connectivity index (χ1) is 5.70. The van der Waals surface area contributed by atoms with Crippen LogP contribution in [0.25, 0.3) is 5.70 Å². The summed E-state index contributed by atoms with van der Waals surface area (Å²) >= 11 is 0. The predicted octanol–water partition coefficient (Wildman–Crippen LogP) is 1.88. The Labute approximate surface area is 71.7 Å². The zero-order valence-electron chi connectivity index (χ0n) is 7.07. The van der Waals surface area contributed by atoms with Crippen molar-refractivity contribution in [2.75, 3.05) is 0 Å². The number of hydrogen-bond acceptors (Lipinski definition) is 2. The van der Waals surface area contributed by atoms with Gasteiger partial charge in [0, 0.05) is 0 Å². The van der Waals surface area contributed by atoms with Crippen LogP contribution in [0.3, 0.4) is 0 Å². The highest BCUT2D eigenvalue weighted by atomic mass is 15.3. The highest BCUT2D eigenvalue weighted by Gasteiger charge is 1.90. The van der Waals surface area contributed by atoms with Gasteiger partial charge in [-0.05, 0) is 13.0 Å². The van der Waals surface area contributed by atoms with E-state index in [1.807, 2.05) is 19.1 Å².